The lowest BCUT2D eigenvalue weighted by Gasteiger charge is -2.57. The van der Waals surface area contributed by atoms with Crippen LogP contribution in [0.25, 0.3) is 0 Å². The van der Waals surface area contributed by atoms with E-state index in [9.17, 15) is 44.5 Å². The fraction of sp³-hybridized carbons (Fsp3) is 0.600. The molecule has 13 nitrogen and oxygen atoms in total. The molecule has 1 aromatic carbocycles. The average molecular weight is 596 g/mol. The van der Waals surface area contributed by atoms with E-state index >= 15 is 0 Å². The van der Waals surface area contributed by atoms with Crippen LogP contribution < -0.4 is 4.90 Å². The van der Waals surface area contributed by atoms with Crippen LogP contribution in [-0.2, 0) is 19.1 Å². The summed E-state index contributed by atoms with van der Waals surface area (Å²) in [5.74, 6) is -2.41. The van der Waals surface area contributed by atoms with Crippen molar-refractivity contribution in [1.29, 1.82) is 0 Å². The zero-order chi connectivity index (χ0) is 31.1. The number of nitro benzene ring substituents is 2. The van der Waals surface area contributed by atoms with Gasteiger partial charge in [-0.2, -0.15) is 0 Å². The lowest BCUT2D eigenvalue weighted by molar-refractivity contribution is -0.392. The van der Waals surface area contributed by atoms with E-state index in [0.29, 0.717) is 45.2 Å². The third-order valence-electron chi connectivity index (χ3n) is 11.1. The second-order valence-electron chi connectivity index (χ2n) is 13.2. The molecule has 0 spiro atoms. The first-order valence-corrected chi connectivity index (χ1v) is 14.6. The average Bonchev–Trinajstić information content (AvgIpc) is 3.75. The maximum absolute atomic E-state index is 13.8. The molecule has 0 radical (unpaired) electrons. The third kappa shape index (κ3) is 4.30. The number of esters is 1. The molecular formula is C30H33N3O10. The van der Waals surface area contributed by atoms with Crippen molar-refractivity contribution < 1.29 is 38.9 Å². The molecule has 0 bridgehead atoms. The minimum absolute atomic E-state index is 0.0256. The Morgan fingerprint density at radius 1 is 1.05 bits per heavy atom. The summed E-state index contributed by atoms with van der Waals surface area (Å²) in [6.45, 7) is 3.74. The summed E-state index contributed by atoms with van der Waals surface area (Å²) in [5, 5.41) is 35.2. The van der Waals surface area contributed by atoms with Gasteiger partial charge in [0.2, 0.25) is 5.78 Å². The van der Waals surface area contributed by atoms with Crippen molar-refractivity contribution in [1.82, 2.24) is 0 Å². The van der Waals surface area contributed by atoms with Crippen molar-refractivity contribution in [3.63, 3.8) is 0 Å². The summed E-state index contributed by atoms with van der Waals surface area (Å²) in [4.78, 5) is 75.5. The number of rotatable bonds is 7. The molecule has 0 aromatic heterocycles. The van der Waals surface area contributed by atoms with Gasteiger partial charge in [-0.25, -0.2) is 4.79 Å². The predicted octanol–water partition coefficient (Wildman–Crippen LogP) is 3.49. The van der Waals surface area contributed by atoms with Crippen LogP contribution in [0.2, 0.25) is 0 Å². The molecule has 5 aliphatic rings. The number of carbonyl (C=O) groups excluding carboxylic acids is 4. The number of aliphatic hydroxyl groups is 1. The summed E-state index contributed by atoms with van der Waals surface area (Å²) in [7, 11) is 0. The lowest BCUT2D eigenvalue weighted by atomic mass is 9.46. The Bertz CT molecular complexity index is 1500. The molecular weight excluding hydrogens is 562 g/mol. The molecule has 1 aliphatic heterocycles. The topological polar surface area (TPSA) is 187 Å². The van der Waals surface area contributed by atoms with E-state index in [1.165, 1.54) is 4.90 Å². The molecule has 1 N–H and O–H groups in total. The molecule has 1 heterocycles. The van der Waals surface area contributed by atoms with Crippen molar-refractivity contribution in [2.45, 2.75) is 64.4 Å². The summed E-state index contributed by atoms with van der Waals surface area (Å²) >= 11 is 0. The zero-order valence-electron chi connectivity index (χ0n) is 24.0. The van der Waals surface area contributed by atoms with Crippen LogP contribution in [0, 0.1) is 48.8 Å². The van der Waals surface area contributed by atoms with E-state index in [4.69, 9.17) is 4.74 Å². The zero-order valence-corrected chi connectivity index (χ0v) is 24.0. The number of ether oxygens (including phenoxy) is 1. The van der Waals surface area contributed by atoms with Gasteiger partial charge in [-0.3, -0.25) is 34.6 Å². The molecule has 4 fully saturated rings. The second-order valence-corrected chi connectivity index (χ2v) is 13.2. The summed E-state index contributed by atoms with van der Waals surface area (Å²) < 4.78 is 5.18. The van der Waals surface area contributed by atoms with Crippen LogP contribution in [0.4, 0.5) is 17.1 Å². The molecule has 6 rings (SSSR count). The minimum Gasteiger partial charge on any atom is -0.454 e. The maximum atomic E-state index is 13.8. The highest BCUT2D eigenvalue weighted by Crippen LogP contribution is 2.66. The van der Waals surface area contributed by atoms with Gasteiger partial charge in [0.05, 0.1) is 15.4 Å². The number of benzene rings is 1. The number of nitro groups is 2. The van der Waals surface area contributed by atoms with Gasteiger partial charge in [0.1, 0.15) is 11.4 Å². The van der Waals surface area contributed by atoms with Crippen molar-refractivity contribution in [3.05, 3.63) is 49.6 Å². The smallest absolute Gasteiger partial charge is 0.339 e. The molecule has 13 heteroatoms. The van der Waals surface area contributed by atoms with E-state index < -0.39 is 61.6 Å². The number of ketones is 3. The van der Waals surface area contributed by atoms with Crippen molar-refractivity contribution in [2.75, 3.05) is 24.6 Å². The van der Waals surface area contributed by atoms with Crippen molar-refractivity contribution in [3.8, 4) is 0 Å². The number of anilines is 1. The fourth-order valence-corrected chi connectivity index (χ4v) is 8.78. The molecule has 0 unspecified atom stereocenters. The van der Waals surface area contributed by atoms with Gasteiger partial charge >= 0.3 is 17.3 Å². The molecule has 1 saturated heterocycles. The van der Waals surface area contributed by atoms with Crippen LogP contribution in [0.1, 0.15) is 69.2 Å². The predicted molar refractivity (Wildman–Crippen MR) is 149 cm³/mol. The van der Waals surface area contributed by atoms with E-state index in [-0.39, 0.29) is 47.8 Å². The summed E-state index contributed by atoms with van der Waals surface area (Å²) in [6, 6.07) is 1.78. The van der Waals surface area contributed by atoms with E-state index in [0.717, 1.165) is 17.7 Å². The summed E-state index contributed by atoms with van der Waals surface area (Å²) in [6.07, 6.45) is 4.61. The quantitative estimate of drug-likeness (QED) is 0.210. The number of hydrogen-bond acceptors (Lipinski definition) is 11. The Morgan fingerprint density at radius 3 is 2.30 bits per heavy atom. The molecule has 43 heavy (non-hydrogen) atoms. The minimum atomic E-state index is -1.95. The lowest BCUT2D eigenvalue weighted by Crippen LogP contribution is -2.61. The Balaban J connectivity index is 1.22. The maximum Gasteiger partial charge on any atom is 0.339 e. The Morgan fingerprint density at radius 2 is 1.70 bits per heavy atom. The number of nitrogens with zero attached hydrogens (tertiary/aromatic N) is 3. The van der Waals surface area contributed by atoms with Gasteiger partial charge < -0.3 is 14.7 Å². The van der Waals surface area contributed by atoms with Crippen LogP contribution in [0.5, 0.6) is 0 Å². The molecule has 6 atom stereocenters. The second kappa shape index (κ2) is 9.76. The molecule has 0 amide bonds. The highest BCUT2D eigenvalue weighted by Gasteiger charge is 2.68. The first kappa shape index (κ1) is 29.1. The fourth-order valence-electron chi connectivity index (χ4n) is 8.78. The van der Waals surface area contributed by atoms with Gasteiger partial charge in [0.25, 0.3) is 0 Å². The van der Waals surface area contributed by atoms with Crippen LogP contribution in [-0.4, -0.2) is 63.6 Å². The number of fused-ring (bicyclic) bond motifs is 5. The number of allylic oxidation sites excluding steroid dienone is 1. The van der Waals surface area contributed by atoms with Crippen LogP contribution >= 0.6 is 0 Å². The van der Waals surface area contributed by atoms with E-state index in [2.05, 4.69) is 6.92 Å². The standard InChI is InChI=1S/C30H33N3O10/c1-28-7-5-18(34)13-17(28)3-4-19-20-6-8-30(38,29(20,2)14-23(35)25(19)28)24(36)15-43-27(37)16-11-21(32(39)40)26(31-9-10-31)22(12-16)33(41)42/h11-13,19-20,25,38H,3-10,14-15H2,1-2H3/t19-,20-,25+,28-,29-,30-/m0/s1. The van der Waals surface area contributed by atoms with Gasteiger partial charge in [0.15, 0.2) is 18.1 Å². The Hall–Kier alpha value is -4.00. The van der Waals surface area contributed by atoms with Crippen LogP contribution in [0.3, 0.4) is 0 Å². The molecule has 228 valence electrons. The monoisotopic (exact) mass is 595 g/mol. The number of hydrogen-bond donors (Lipinski definition) is 1. The molecule has 3 saturated carbocycles. The van der Waals surface area contributed by atoms with Crippen LogP contribution in [0.15, 0.2) is 23.8 Å². The number of carbonyl (C=O) groups is 4. The van der Waals surface area contributed by atoms with Crippen molar-refractivity contribution >= 4 is 40.4 Å². The summed E-state index contributed by atoms with van der Waals surface area (Å²) in [5.41, 5.74) is -4.33. The molecule has 4 aliphatic carbocycles. The SMILES string of the molecule is C[C@]12CCC(=O)C=C1CC[C@@H]1[C@@H]2C(=O)C[C@@]2(C)[C@H]1CC[C@]2(O)C(=O)COC(=O)c1cc([N+](=O)[O-])c(N2CC2)c([N+](=O)[O-])c1. The highest BCUT2D eigenvalue weighted by molar-refractivity contribution is 5.98. The molecule has 1 aromatic rings. The first-order valence-electron chi connectivity index (χ1n) is 14.6. The van der Waals surface area contributed by atoms with Gasteiger partial charge in [-0.15, -0.1) is 0 Å². The Kier molecular flexibility index (Phi) is 6.60. The highest BCUT2D eigenvalue weighted by atomic mass is 16.6. The Labute approximate surface area is 246 Å². The first-order chi connectivity index (χ1) is 20.2. The number of Topliss-reactive ketones (excluding diaryl/α,β-unsaturated/α-hetero) is 2. The van der Waals surface area contributed by atoms with Gasteiger partial charge in [-0.05, 0) is 55.4 Å². The third-order valence-corrected chi connectivity index (χ3v) is 11.1. The normalized spacial score (nSPS) is 34.4. The largest absolute Gasteiger partial charge is 0.454 e. The van der Waals surface area contributed by atoms with E-state index in [1.54, 1.807) is 13.0 Å². The van der Waals surface area contributed by atoms with Gasteiger partial charge in [0, 0.05) is 49.4 Å². The van der Waals surface area contributed by atoms with Crippen molar-refractivity contribution in [2.24, 2.45) is 28.6 Å². The van der Waals surface area contributed by atoms with E-state index in [1.807, 2.05) is 0 Å². The van der Waals surface area contributed by atoms with Gasteiger partial charge in [-0.1, -0.05) is 19.4 Å².